The zero-order valence-electron chi connectivity index (χ0n) is 10.9. The Morgan fingerprint density at radius 2 is 2.18 bits per heavy atom. The third kappa shape index (κ3) is 3.86. The number of nitrogens with zero attached hydrogens (tertiary/aromatic N) is 2. The highest BCUT2D eigenvalue weighted by Gasteiger charge is 2.13. The van der Waals surface area contributed by atoms with Gasteiger partial charge in [0.1, 0.15) is 5.82 Å². The SMILES string of the molecule is CCC(C)CN(CC)c1ncc(CN)cc1Cl. The summed E-state index contributed by atoms with van der Waals surface area (Å²) in [5.41, 5.74) is 6.54. The van der Waals surface area contributed by atoms with Crippen molar-refractivity contribution in [1.82, 2.24) is 4.98 Å². The van der Waals surface area contributed by atoms with E-state index >= 15 is 0 Å². The first-order valence-corrected chi connectivity index (χ1v) is 6.59. The standard InChI is InChI=1S/C13H22ClN3/c1-4-10(3)9-17(5-2)13-12(14)6-11(7-15)8-16-13/h6,8,10H,4-5,7,9,15H2,1-3H3. The van der Waals surface area contributed by atoms with Crippen LogP contribution in [0.2, 0.25) is 5.02 Å². The van der Waals surface area contributed by atoms with Gasteiger partial charge >= 0.3 is 0 Å². The highest BCUT2D eigenvalue weighted by Crippen LogP contribution is 2.25. The number of halogens is 1. The molecule has 1 aromatic heterocycles. The van der Waals surface area contributed by atoms with Crippen LogP contribution in [-0.2, 0) is 6.54 Å². The fourth-order valence-electron chi connectivity index (χ4n) is 1.69. The number of hydrogen-bond acceptors (Lipinski definition) is 3. The van der Waals surface area contributed by atoms with Gasteiger partial charge in [0.25, 0.3) is 0 Å². The van der Waals surface area contributed by atoms with Gasteiger partial charge in [0, 0.05) is 25.8 Å². The predicted octanol–water partition coefficient (Wildman–Crippen LogP) is 3.07. The van der Waals surface area contributed by atoms with E-state index in [0.717, 1.165) is 30.9 Å². The minimum atomic E-state index is 0.477. The van der Waals surface area contributed by atoms with E-state index in [1.165, 1.54) is 0 Å². The number of hydrogen-bond donors (Lipinski definition) is 1. The molecule has 1 unspecified atom stereocenters. The van der Waals surface area contributed by atoms with Crippen molar-refractivity contribution in [2.45, 2.75) is 33.7 Å². The second-order valence-electron chi connectivity index (χ2n) is 4.41. The largest absolute Gasteiger partial charge is 0.355 e. The molecule has 1 aromatic rings. The third-order valence-electron chi connectivity index (χ3n) is 3.02. The molecular formula is C13H22ClN3. The minimum absolute atomic E-state index is 0.477. The Bertz CT molecular complexity index is 355. The smallest absolute Gasteiger partial charge is 0.147 e. The summed E-state index contributed by atoms with van der Waals surface area (Å²) in [5.74, 6) is 1.51. The Kier molecular flexibility index (Phi) is 5.72. The molecule has 17 heavy (non-hydrogen) atoms. The topological polar surface area (TPSA) is 42.2 Å². The van der Waals surface area contributed by atoms with E-state index < -0.39 is 0 Å². The van der Waals surface area contributed by atoms with Crippen LogP contribution >= 0.6 is 11.6 Å². The van der Waals surface area contributed by atoms with Crippen LogP contribution in [0.1, 0.15) is 32.8 Å². The maximum atomic E-state index is 6.25. The molecule has 0 aromatic carbocycles. The summed E-state index contributed by atoms with van der Waals surface area (Å²) in [6, 6.07) is 1.91. The van der Waals surface area contributed by atoms with Crippen LogP contribution < -0.4 is 10.6 Å². The summed E-state index contributed by atoms with van der Waals surface area (Å²) >= 11 is 6.25. The molecule has 0 spiro atoms. The number of rotatable bonds is 6. The fraction of sp³-hybridized carbons (Fsp3) is 0.615. The lowest BCUT2D eigenvalue weighted by atomic mass is 10.1. The molecule has 1 atom stereocenters. The van der Waals surface area contributed by atoms with E-state index in [-0.39, 0.29) is 0 Å². The molecule has 0 radical (unpaired) electrons. The number of aromatic nitrogens is 1. The molecule has 0 aliphatic heterocycles. The van der Waals surface area contributed by atoms with Crippen molar-refractivity contribution >= 4 is 17.4 Å². The highest BCUT2D eigenvalue weighted by atomic mass is 35.5. The molecule has 0 fully saturated rings. The second kappa shape index (κ2) is 6.82. The Morgan fingerprint density at radius 1 is 1.47 bits per heavy atom. The van der Waals surface area contributed by atoms with Crippen molar-refractivity contribution in [2.75, 3.05) is 18.0 Å². The molecule has 0 aliphatic carbocycles. The molecule has 4 heteroatoms. The van der Waals surface area contributed by atoms with Crippen LogP contribution in [0.15, 0.2) is 12.3 Å². The Balaban J connectivity index is 2.88. The van der Waals surface area contributed by atoms with Gasteiger partial charge in [-0.15, -0.1) is 0 Å². The van der Waals surface area contributed by atoms with Crippen LogP contribution in [0.3, 0.4) is 0 Å². The van der Waals surface area contributed by atoms with Crippen LogP contribution in [-0.4, -0.2) is 18.1 Å². The number of pyridine rings is 1. The van der Waals surface area contributed by atoms with Gasteiger partial charge in [-0.1, -0.05) is 31.9 Å². The summed E-state index contributed by atoms with van der Waals surface area (Å²) in [5, 5.41) is 0.693. The zero-order chi connectivity index (χ0) is 12.8. The summed E-state index contributed by atoms with van der Waals surface area (Å²) in [4.78, 5) is 6.64. The van der Waals surface area contributed by atoms with E-state index in [0.29, 0.717) is 17.5 Å². The molecule has 0 saturated heterocycles. The quantitative estimate of drug-likeness (QED) is 0.850. The van der Waals surface area contributed by atoms with Crippen LogP contribution in [0.25, 0.3) is 0 Å². The fourth-order valence-corrected chi connectivity index (χ4v) is 1.99. The average Bonchev–Trinajstić information content (AvgIpc) is 2.35. The first kappa shape index (κ1) is 14.3. The lowest BCUT2D eigenvalue weighted by Gasteiger charge is -2.26. The van der Waals surface area contributed by atoms with Crippen LogP contribution in [0.5, 0.6) is 0 Å². The third-order valence-corrected chi connectivity index (χ3v) is 3.30. The molecule has 0 bridgehead atoms. The summed E-state index contributed by atoms with van der Waals surface area (Å²) < 4.78 is 0. The van der Waals surface area contributed by atoms with Crippen molar-refractivity contribution in [3.8, 4) is 0 Å². The van der Waals surface area contributed by atoms with Gasteiger partial charge in [-0.2, -0.15) is 0 Å². The molecule has 1 rings (SSSR count). The van der Waals surface area contributed by atoms with Gasteiger partial charge in [0.2, 0.25) is 0 Å². The van der Waals surface area contributed by atoms with Gasteiger partial charge in [-0.25, -0.2) is 4.98 Å². The molecule has 0 saturated carbocycles. The lowest BCUT2D eigenvalue weighted by Crippen LogP contribution is -2.29. The zero-order valence-corrected chi connectivity index (χ0v) is 11.7. The lowest BCUT2D eigenvalue weighted by molar-refractivity contribution is 0.545. The second-order valence-corrected chi connectivity index (χ2v) is 4.81. The summed E-state index contributed by atoms with van der Waals surface area (Å²) in [6.45, 7) is 8.94. The first-order chi connectivity index (χ1) is 8.12. The monoisotopic (exact) mass is 255 g/mol. The predicted molar refractivity (Wildman–Crippen MR) is 74.5 cm³/mol. The highest BCUT2D eigenvalue weighted by molar-refractivity contribution is 6.33. The average molecular weight is 256 g/mol. The van der Waals surface area contributed by atoms with Crippen molar-refractivity contribution < 1.29 is 0 Å². The summed E-state index contributed by atoms with van der Waals surface area (Å²) in [6.07, 6.45) is 2.97. The van der Waals surface area contributed by atoms with Crippen LogP contribution in [0.4, 0.5) is 5.82 Å². The normalized spacial score (nSPS) is 12.5. The van der Waals surface area contributed by atoms with E-state index in [1.807, 2.05) is 6.07 Å². The molecule has 1 heterocycles. The first-order valence-electron chi connectivity index (χ1n) is 6.21. The maximum absolute atomic E-state index is 6.25. The number of anilines is 1. The van der Waals surface area contributed by atoms with E-state index in [1.54, 1.807) is 6.20 Å². The van der Waals surface area contributed by atoms with Crippen molar-refractivity contribution in [3.63, 3.8) is 0 Å². The van der Waals surface area contributed by atoms with E-state index in [9.17, 15) is 0 Å². The van der Waals surface area contributed by atoms with Gasteiger partial charge in [0.05, 0.1) is 5.02 Å². The molecular weight excluding hydrogens is 234 g/mol. The van der Waals surface area contributed by atoms with E-state index in [4.69, 9.17) is 17.3 Å². The molecule has 2 N–H and O–H groups in total. The Morgan fingerprint density at radius 3 is 2.65 bits per heavy atom. The molecule has 96 valence electrons. The van der Waals surface area contributed by atoms with Crippen molar-refractivity contribution in [3.05, 3.63) is 22.8 Å². The van der Waals surface area contributed by atoms with Gasteiger partial charge in [-0.05, 0) is 24.5 Å². The Hall–Kier alpha value is -0.800. The van der Waals surface area contributed by atoms with Gasteiger partial charge in [-0.3, -0.25) is 0 Å². The van der Waals surface area contributed by atoms with Crippen molar-refractivity contribution in [1.29, 1.82) is 0 Å². The molecule has 0 amide bonds. The number of nitrogens with two attached hydrogens (primary N) is 1. The molecule has 3 nitrogen and oxygen atoms in total. The van der Waals surface area contributed by atoms with Crippen LogP contribution in [0, 0.1) is 5.92 Å². The Labute approximate surface area is 109 Å². The van der Waals surface area contributed by atoms with E-state index in [2.05, 4.69) is 30.7 Å². The van der Waals surface area contributed by atoms with Gasteiger partial charge in [0.15, 0.2) is 0 Å². The summed E-state index contributed by atoms with van der Waals surface area (Å²) in [7, 11) is 0. The minimum Gasteiger partial charge on any atom is -0.355 e. The maximum Gasteiger partial charge on any atom is 0.147 e. The molecule has 0 aliphatic rings. The van der Waals surface area contributed by atoms with Crippen molar-refractivity contribution in [2.24, 2.45) is 11.7 Å². The van der Waals surface area contributed by atoms with Gasteiger partial charge < -0.3 is 10.6 Å².